The van der Waals surface area contributed by atoms with Crippen molar-refractivity contribution in [3.8, 4) is 11.4 Å². The van der Waals surface area contributed by atoms with Crippen LogP contribution in [0.2, 0.25) is 0 Å². The number of pyridine rings is 1. The first kappa shape index (κ1) is 22.8. The van der Waals surface area contributed by atoms with Crippen molar-refractivity contribution < 1.29 is 14.3 Å². The molecule has 0 bridgehead atoms. The second-order valence-corrected chi connectivity index (χ2v) is 8.70. The van der Waals surface area contributed by atoms with Gasteiger partial charge in [0.25, 0.3) is 5.91 Å². The average Bonchev–Trinajstić information content (AvgIpc) is 3.63. The molecule has 0 saturated carbocycles. The van der Waals surface area contributed by atoms with E-state index in [4.69, 9.17) is 9.47 Å². The molecule has 0 aliphatic carbocycles. The summed E-state index contributed by atoms with van der Waals surface area (Å²) < 4.78 is 13.1. The van der Waals surface area contributed by atoms with Gasteiger partial charge in [0.1, 0.15) is 5.75 Å². The minimum absolute atomic E-state index is 0.0394. The summed E-state index contributed by atoms with van der Waals surface area (Å²) in [5.74, 6) is 1.25. The van der Waals surface area contributed by atoms with Gasteiger partial charge in [-0.3, -0.25) is 9.78 Å². The second kappa shape index (κ2) is 11.0. The summed E-state index contributed by atoms with van der Waals surface area (Å²) >= 11 is 0. The summed E-state index contributed by atoms with van der Waals surface area (Å²) in [6, 6.07) is 21.2. The Balaban J connectivity index is 1.29. The Morgan fingerprint density at radius 3 is 2.51 bits per heavy atom. The Labute approximate surface area is 204 Å². The fraction of sp³-hybridized carbons (Fsp3) is 0.250. The minimum atomic E-state index is -0.0394. The van der Waals surface area contributed by atoms with Crippen LogP contribution in [-0.4, -0.2) is 45.4 Å². The molecule has 4 aromatic rings. The molecular formula is C28H28N4O3. The molecule has 0 N–H and O–H groups in total. The Morgan fingerprint density at radius 1 is 1.00 bits per heavy atom. The fourth-order valence-corrected chi connectivity index (χ4v) is 4.11. The van der Waals surface area contributed by atoms with E-state index >= 15 is 0 Å². The molecular weight excluding hydrogens is 440 g/mol. The number of carbonyl (C=O) groups excluding carboxylic acids is 1. The molecule has 1 aliphatic rings. The molecule has 0 spiro atoms. The summed E-state index contributed by atoms with van der Waals surface area (Å²) in [4.78, 5) is 19.6. The first-order chi connectivity index (χ1) is 17.2. The maximum Gasteiger partial charge on any atom is 0.254 e. The summed E-state index contributed by atoms with van der Waals surface area (Å²) in [7, 11) is 0. The number of carbonyl (C=O) groups is 1. The summed E-state index contributed by atoms with van der Waals surface area (Å²) in [6.45, 7) is 3.20. The molecule has 1 fully saturated rings. The third kappa shape index (κ3) is 5.94. The number of rotatable bonds is 9. The maximum absolute atomic E-state index is 13.5. The fourth-order valence-electron chi connectivity index (χ4n) is 4.11. The highest BCUT2D eigenvalue weighted by atomic mass is 16.5. The third-order valence-corrected chi connectivity index (χ3v) is 6.07. The number of ether oxygens (including phenoxy) is 2. The van der Waals surface area contributed by atoms with Crippen LogP contribution >= 0.6 is 0 Å². The van der Waals surface area contributed by atoms with Gasteiger partial charge in [-0.25, -0.2) is 4.68 Å². The van der Waals surface area contributed by atoms with Crippen LogP contribution in [0.4, 0.5) is 0 Å². The van der Waals surface area contributed by atoms with Gasteiger partial charge >= 0.3 is 0 Å². The van der Waals surface area contributed by atoms with E-state index in [1.807, 2.05) is 77.8 Å². The first-order valence-corrected chi connectivity index (χ1v) is 11.8. The van der Waals surface area contributed by atoms with Crippen molar-refractivity contribution in [1.29, 1.82) is 0 Å². The number of hydrogen-bond acceptors (Lipinski definition) is 5. The molecule has 0 radical (unpaired) electrons. The van der Waals surface area contributed by atoms with Gasteiger partial charge < -0.3 is 14.4 Å². The Kier molecular flexibility index (Phi) is 7.15. The number of amides is 1. The molecule has 0 unspecified atom stereocenters. The van der Waals surface area contributed by atoms with Crippen molar-refractivity contribution in [3.63, 3.8) is 0 Å². The van der Waals surface area contributed by atoms with Crippen LogP contribution < -0.4 is 4.74 Å². The van der Waals surface area contributed by atoms with Crippen molar-refractivity contribution in [2.45, 2.75) is 19.5 Å². The number of aromatic nitrogens is 3. The number of hydrogen-bond donors (Lipinski definition) is 0. The predicted molar refractivity (Wildman–Crippen MR) is 132 cm³/mol. The van der Waals surface area contributed by atoms with E-state index in [0.29, 0.717) is 31.2 Å². The Bertz CT molecular complexity index is 1200. The zero-order valence-corrected chi connectivity index (χ0v) is 19.5. The van der Waals surface area contributed by atoms with E-state index in [1.165, 1.54) is 0 Å². The number of nitrogens with zero attached hydrogens (tertiary/aromatic N) is 4. The van der Waals surface area contributed by atoms with Gasteiger partial charge in [0.2, 0.25) is 0 Å². The first-order valence-electron chi connectivity index (χ1n) is 11.8. The summed E-state index contributed by atoms with van der Waals surface area (Å²) in [5, 5.41) is 4.25. The van der Waals surface area contributed by atoms with Crippen LogP contribution in [0.5, 0.6) is 5.75 Å². The molecule has 1 saturated heterocycles. The van der Waals surface area contributed by atoms with Crippen molar-refractivity contribution >= 4 is 5.91 Å². The highest BCUT2D eigenvalue weighted by Gasteiger charge is 2.18. The largest absolute Gasteiger partial charge is 0.493 e. The molecule has 7 nitrogen and oxygen atoms in total. The van der Waals surface area contributed by atoms with Crippen LogP contribution in [0.15, 0.2) is 91.5 Å². The van der Waals surface area contributed by atoms with Gasteiger partial charge in [-0.2, -0.15) is 5.10 Å². The molecule has 35 heavy (non-hydrogen) atoms. The molecule has 3 heterocycles. The normalized spacial score (nSPS) is 15.1. The zero-order valence-electron chi connectivity index (χ0n) is 19.5. The molecule has 5 rings (SSSR count). The summed E-state index contributed by atoms with van der Waals surface area (Å²) in [5.41, 5.74) is 3.55. The zero-order chi connectivity index (χ0) is 23.9. The molecule has 7 heteroatoms. The molecule has 2 aromatic heterocycles. The van der Waals surface area contributed by atoms with Gasteiger partial charge in [0.15, 0.2) is 0 Å². The monoisotopic (exact) mass is 468 g/mol. The lowest BCUT2D eigenvalue weighted by Gasteiger charge is -2.23. The van der Waals surface area contributed by atoms with Crippen LogP contribution in [-0.2, 0) is 17.8 Å². The highest BCUT2D eigenvalue weighted by Crippen LogP contribution is 2.20. The summed E-state index contributed by atoms with van der Waals surface area (Å²) in [6.07, 6.45) is 8.19. The van der Waals surface area contributed by atoms with Crippen molar-refractivity contribution in [2.75, 3.05) is 19.8 Å². The third-order valence-electron chi connectivity index (χ3n) is 6.07. The van der Waals surface area contributed by atoms with E-state index in [0.717, 1.165) is 42.2 Å². The van der Waals surface area contributed by atoms with E-state index in [-0.39, 0.29) is 5.91 Å². The number of benzene rings is 2. The van der Waals surface area contributed by atoms with Crippen molar-refractivity contribution in [2.24, 2.45) is 5.92 Å². The Morgan fingerprint density at radius 2 is 1.83 bits per heavy atom. The standard InChI is InChI=1S/C28H28N4O3/c33-28(25-6-8-26(9-7-25)32-15-2-14-30-32)31(19-23-3-1-13-29-17-23)18-22-4-10-27(11-5-22)35-21-24-12-16-34-20-24/h1-11,13-15,17,24H,12,16,18-21H2/t24-/m1/s1. The van der Waals surface area contributed by atoms with Crippen LogP contribution in [0.1, 0.15) is 27.9 Å². The van der Waals surface area contributed by atoms with Gasteiger partial charge in [0, 0.05) is 56.0 Å². The van der Waals surface area contributed by atoms with Gasteiger partial charge in [-0.05, 0) is 66.1 Å². The van der Waals surface area contributed by atoms with Gasteiger partial charge in [0.05, 0.1) is 18.9 Å². The topological polar surface area (TPSA) is 69.5 Å². The predicted octanol–water partition coefficient (Wildman–Crippen LogP) is 4.53. The second-order valence-electron chi connectivity index (χ2n) is 8.70. The van der Waals surface area contributed by atoms with E-state index in [2.05, 4.69) is 10.1 Å². The van der Waals surface area contributed by atoms with Gasteiger partial charge in [-0.15, -0.1) is 0 Å². The van der Waals surface area contributed by atoms with Crippen LogP contribution in [0.25, 0.3) is 5.69 Å². The smallest absolute Gasteiger partial charge is 0.254 e. The molecule has 1 amide bonds. The lowest BCUT2D eigenvalue weighted by Crippen LogP contribution is -2.30. The van der Waals surface area contributed by atoms with E-state index < -0.39 is 0 Å². The van der Waals surface area contributed by atoms with E-state index in [1.54, 1.807) is 23.3 Å². The van der Waals surface area contributed by atoms with Crippen molar-refractivity contribution in [3.05, 3.63) is 108 Å². The quantitative estimate of drug-likeness (QED) is 0.361. The SMILES string of the molecule is O=C(c1ccc(-n2cccn2)cc1)N(Cc1ccc(OC[C@@H]2CCOC2)cc1)Cc1cccnc1. The average molecular weight is 469 g/mol. The molecule has 1 atom stereocenters. The minimum Gasteiger partial charge on any atom is -0.493 e. The van der Waals surface area contributed by atoms with Gasteiger partial charge in [-0.1, -0.05) is 18.2 Å². The van der Waals surface area contributed by atoms with Crippen LogP contribution in [0.3, 0.4) is 0 Å². The lowest BCUT2D eigenvalue weighted by molar-refractivity contribution is 0.0730. The lowest BCUT2D eigenvalue weighted by atomic mass is 10.1. The van der Waals surface area contributed by atoms with Crippen LogP contribution in [0, 0.1) is 5.92 Å². The molecule has 178 valence electrons. The van der Waals surface area contributed by atoms with E-state index in [9.17, 15) is 4.79 Å². The Hall–Kier alpha value is -3.97. The van der Waals surface area contributed by atoms with Crippen molar-refractivity contribution in [1.82, 2.24) is 19.7 Å². The molecule has 1 aliphatic heterocycles. The highest BCUT2D eigenvalue weighted by molar-refractivity contribution is 5.94. The maximum atomic E-state index is 13.5. The molecule has 2 aromatic carbocycles.